The molecule has 42 heavy (non-hydrogen) atoms. The first kappa shape index (κ1) is 32.3. The van der Waals surface area contributed by atoms with Crippen LogP contribution in [0, 0.1) is 15.5 Å². The van der Waals surface area contributed by atoms with Crippen LogP contribution in [0.25, 0.3) is 10.1 Å². The second kappa shape index (κ2) is 14.1. The largest absolute Gasteiger partial charge is 0.460 e. The SMILES string of the molecule is CC(C)(C)OC(=O)NC[C@@H](C(=O)Nc1cc2ccncc2s1)c1ccc(COC(=O)C(C)(C)CCCO[N+](=O)[O-])cc1. The first-order valence-electron chi connectivity index (χ1n) is 13.4. The van der Waals surface area contributed by atoms with E-state index in [-0.39, 0.29) is 25.7 Å². The lowest BCUT2D eigenvalue weighted by Crippen LogP contribution is -2.37. The highest BCUT2D eigenvalue weighted by molar-refractivity contribution is 7.22. The maximum Gasteiger partial charge on any atom is 0.407 e. The van der Waals surface area contributed by atoms with Crippen LogP contribution in [-0.2, 0) is 30.5 Å². The number of nitrogens with one attached hydrogen (secondary N) is 2. The van der Waals surface area contributed by atoms with Gasteiger partial charge < -0.3 is 24.9 Å². The molecule has 0 radical (unpaired) electrons. The number of aromatic nitrogens is 1. The molecule has 2 heterocycles. The van der Waals surface area contributed by atoms with Gasteiger partial charge in [-0.3, -0.25) is 14.6 Å². The Bertz CT molecular complexity index is 1370. The molecule has 0 aliphatic heterocycles. The third-order valence-corrected chi connectivity index (χ3v) is 7.18. The van der Waals surface area contributed by atoms with Crippen LogP contribution in [0.15, 0.2) is 48.8 Å². The minimum absolute atomic E-state index is 0.00409. The number of benzene rings is 1. The Hall–Kier alpha value is -4.26. The van der Waals surface area contributed by atoms with E-state index in [1.165, 1.54) is 11.3 Å². The molecule has 3 aromatic rings. The van der Waals surface area contributed by atoms with Gasteiger partial charge in [-0.05, 0) is 76.1 Å². The van der Waals surface area contributed by atoms with Gasteiger partial charge in [0.15, 0.2) is 0 Å². The van der Waals surface area contributed by atoms with Crippen LogP contribution in [0.5, 0.6) is 0 Å². The molecule has 0 aliphatic rings. The van der Waals surface area contributed by atoms with Crippen LogP contribution >= 0.6 is 11.3 Å². The second-order valence-electron chi connectivity index (χ2n) is 11.3. The topological polar surface area (TPSA) is 159 Å². The molecule has 0 spiro atoms. The third-order valence-electron chi connectivity index (χ3n) is 6.18. The van der Waals surface area contributed by atoms with E-state index in [4.69, 9.17) is 9.47 Å². The van der Waals surface area contributed by atoms with Crippen molar-refractivity contribution < 1.29 is 33.8 Å². The molecule has 0 aliphatic carbocycles. The number of hydrogen-bond acceptors (Lipinski definition) is 10. The molecule has 0 saturated heterocycles. The van der Waals surface area contributed by atoms with Gasteiger partial charge in [-0.2, -0.15) is 0 Å². The number of anilines is 1. The molecule has 13 heteroatoms. The fourth-order valence-corrected chi connectivity index (χ4v) is 4.89. The van der Waals surface area contributed by atoms with Gasteiger partial charge in [0.25, 0.3) is 5.09 Å². The fraction of sp³-hybridized carbons (Fsp3) is 0.448. The molecule has 0 unspecified atom stereocenters. The van der Waals surface area contributed by atoms with Gasteiger partial charge in [-0.25, -0.2) is 4.79 Å². The lowest BCUT2D eigenvalue weighted by atomic mass is 9.88. The van der Waals surface area contributed by atoms with Crippen molar-refractivity contribution in [1.29, 1.82) is 0 Å². The van der Waals surface area contributed by atoms with E-state index < -0.39 is 34.1 Å². The first-order valence-corrected chi connectivity index (χ1v) is 14.2. The summed E-state index contributed by atoms with van der Waals surface area (Å²) in [4.78, 5) is 57.1. The van der Waals surface area contributed by atoms with Crippen molar-refractivity contribution in [2.45, 2.75) is 65.6 Å². The average Bonchev–Trinajstić information content (AvgIpc) is 3.31. The Labute approximate surface area is 247 Å². The van der Waals surface area contributed by atoms with Crippen LogP contribution in [0.4, 0.5) is 9.80 Å². The number of pyridine rings is 1. The molecule has 2 aromatic heterocycles. The maximum atomic E-state index is 13.4. The van der Waals surface area contributed by atoms with Crippen molar-refractivity contribution in [3.05, 3.63) is 70.0 Å². The van der Waals surface area contributed by atoms with E-state index in [1.807, 2.05) is 12.1 Å². The summed E-state index contributed by atoms with van der Waals surface area (Å²) in [6.07, 6.45) is 3.47. The van der Waals surface area contributed by atoms with Crippen LogP contribution in [-0.4, -0.2) is 46.8 Å². The van der Waals surface area contributed by atoms with Crippen LogP contribution in [0.3, 0.4) is 0 Å². The lowest BCUT2D eigenvalue weighted by molar-refractivity contribution is -0.757. The Morgan fingerprint density at radius 2 is 1.81 bits per heavy atom. The van der Waals surface area contributed by atoms with Crippen molar-refractivity contribution in [3.63, 3.8) is 0 Å². The standard InChI is InChI=1S/C29H36N4O8S/c1-28(2,3)41-27(36)31-16-22(25(34)32-24-15-21-11-13-30-17-23(21)42-24)20-9-7-19(8-10-20)18-39-26(35)29(4,5)12-6-14-40-33(37)38/h7-11,13,15,17,22H,6,12,14,16,18H2,1-5H3,(H,31,36)(H,32,34)/t22-/m1/s1. The molecule has 1 aromatic carbocycles. The first-order chi connectivity index (χ1) is 19.7. The predicted molar refractivity (Wildman–Crippen MR) is 157 cm³/mol. The minimum atomic E-state index is -0.863. The number of rotatable bonds is 13. The third kappa shape index (κ3) is 9.98. The van der Waals surface area contributed by atoms with Gasteiger partial charge in [0.05, 0.1) is 27.6 Å². The average molecular weight is 601 g/mol. The number of fused-ring (bicyclic) bond motifs is 1. The molecule has 3 rings (SSSR count). The molecule has 0 fully saturated rings. The second-order valence-corrected chi connectivity index (χ2v) is 12.4. The molecule has 2 amide bonds. The van der Waals surface area contributed by atoms with Crippen molar-refractivity contribution in [2.75, 3.05) is 18.5 Å². The van der Waals surface area contributed by atoms with E-state index in [1.54, 1.807) is 71.3 Å². The number of ether oxygens (including phenoxy) is 2. The van der Waals surface area contributed by atoms with Gasteiger partial charge in [0, 0.05) is 18.9 Å². The molecular weight excluding hydrogens is 564 g/mol. The molecule has 1 atom stereocenters. The number of alkyl carbamates (subject to hydrolysis) is 1. The van der Waals surface area contributed by atoms with Gasteiger partial charge >= 0.3 is 12.1 Å². The zero-order valence-electron chi connectivity index (χ0n) is 24.3. The van der Waals surface area contributed by atoms with Gasteiger partial charge in [-0.15, -0.1) is 21.5 Å². The highest BCUT2D eigenvalue weighted by Gasteiger charge is 2.29. The summed E-state index contributed by atoms with van der Waals surface area (Å²) in [5.74, 6) is -1.49. The highest BCUT2D eigenvalue weighted by atomic mass is 32.1. The summed E-state index contributed by atoms with van der Waals surface area (Å²) in [6, 6.07) is 10.7. The lowest BCUT2D eigenvalue weighted by Gasteiger charge is -2.23. The van der Waals surface area contributed by atoms with Crippen molar-refractivity contribution in [2.24, 2.45) is 5.41 Å². The number of esters is 1. The summed E-state index contributed by atoms with van der Waals surface area (Å²) in [6.45, 7) is 8.59. The molecule has 226 valence electrons. The van der Waals surface area contributed by atoms with Gasteiger partial charge in [0.2, 0.25) is 5.91 Å². The Kier molecular flexibility index (Phi) is 10.8. The zero-order valence-corrected chi connectivity index (χ0v) is 25.1. The van der Waals surface area contributed by atoms with Crippen LogP contribution in [0.2, 0.25) is 0 Å². The maximum absolute atomic E-state index is 13.4. The van der Waals surface area contributed by atoms with Crippen LogP contribution < -0.4 is 10.6 Å². The number of carbonyl (C=O) groups is 3. The summed E-state index contributed by atoms with van der Waals surface area (Å²) < 4.78 is 11.7. The molecular formula is C29H36N4O8S. The minimum Gasteiger partial charge on any atom is -0.460 e. The smallest absolute Gasteiger partial charge is 0.407 e. The van der Waals surface area contributed by atoms with Crippen LogP contribution in [0.1, 0.15) is 64.5 Å². The number of carbonyl (C=O) groups excluding carboxylic acids is 3. The molecule has 0 saturated carbocycles. The Morgan fingerprint density at radius 1 is 1.10 bits per heavy atom. The van der Waals surface area contributed by atoms with Crippen molar-refractivity contribution >= 4 is 44.4 Å². The quantitative estimate of drug-likeness (QED) is 0.110. The highest BCUT2D eigenvalue weighted by Crippen LogP contribution is 2.30. The molecule has 12 nitrogen and oxygen atoms in total. The monoisotopic (exact) mass is 600 g/mol. The van der Waals surface area contributed by atoms with E-state index in [0.29, 0.717) is 29.0 Å². The van der Waals surface area contributed by atoms with Crippen molar-refractivity contribution in [3.8, 4) is 0 Å². The predicted octanol–water partition coefficient (Wildman–Crippen LogP) is 5.60. The summed E-state index contributed by atoms with van der Waals surface area (Å²) in [5, 5.41) is 16.7. The van der Waals surface area contributed by atoms with E-state index in [0.717, 1.165) is 10.1 Å². The number of hydrogen-bond donors (Lipinski definition) is 2. The fourth-order valence-electron chi connectivity index (χ4n) is 3.96. The van der Waals surface area contributed by atoms with E-state index in [9.17, 15) is 24.5 Å². The van der Waals surface area contributed by atoms with E-state index >= 15 is 0 Å². The van der Waals surface area contributed by atoms with Gasteiger partial charge in [0.1, 0.15) is 12.2 Å². The van der Waals surface area contributed by atoms with Gasteiger partial charge in [-0.1, -0.05) is 24.3 Å². The normalized spacial score (nSPS) is 12.3. The molecule has 0 bridgehead atoms. The summed E-state index contributed by atoms with van der Waals surface area (Å²) in [5.41, 5.74) is -0.189. The van der Waals surface area contributed by atoms with Crippen molar-refractivity contribution in [1.82, 2.24) is 10.3 Å². The zero-order chi connectivity index (χ0) is 30.9. The Balaban J connectivity index is 1.67. The Morgan fingerprint density at radius 3 is 2.45 bits per heavy atom. The number of thiophene rings is 1. The van der Waals surface area contributed by atoms with E-state index in [2.05, 4.69) is 20.5 Å². The summed E-state index contributed by atoms with van der Waals surface area (Å²) in [7, 11) is 0. The summed E-state index contributed by atoms with van der Waals surface area (Å²) >= 11 is 1.40. The molecule has 2 N–H and O–H groups in total. The number of amides is 2. The number of nitrogens with zero attached hydrogens (tertiary/aromatic N) is 2.